The van der Waals surface area contributed by atoms with E-state index in [1.54, 1.807) is 0 Å². The van der Waals surface area contributed by atoms with E-state index in [1.807, 2.05) is 0 Å². The third-order valence-electron chi connectivity index (χ3n) is 2.88. The summed E-state index contributed by atoms with van der Waals surface area (Å²) in [5, 5.41) is 21.8. The van der Waals surface area contributed by atoms with Crippen LogP contribution in [-0.4, -0.2) is 41.5 Å². The number of hydrogen-bond acceptors (Lipinski definition) is 4. The first kappa shape index (κ1) is 12.8. The smallest absolute Gasteiger partial charge is 0.258 e. The van der Waals surface area contributed by atoms with Crippen molar-refractivity contribution in [2.75, 3.05) is 19.8 Å². The van der Waals surface area contributed by atoms with Crippen molar-refractivity contribution in [1.82, 2.24) is 5.32 Å². The highest BCUT2D eigenvalue weighted by molar-refractivity contribution is 5.97. The van der Waals surface area contributed by atoms with Crippen molar-refractivity contribution in [3.8, 4) is 5.75 Å². The second-order valence-electron chi connectivity index (χ2n) is 4.34. The van der Waals surface area contributed by atoms with Gasteiger partial charge < -0.3 is 20.3 Å². The van der Waals surface area contributed by atoms with E-state index < -0.39 is 28.6 Å². The molecule has 1 atom stereocenters. The molecule has 0 bridgehead atoms. The van der Waals surface area contributed by atoms with Crippen LogP contribution in [0.1, 0.15) is 16.8 Å². The van der Waals surface area contributed by atoms with Gasteiger partial charge in [0.05, 0.1) is 6.61 Å². The molecule has 18 heavy (non-hydrogen) atoms. The first-order valence-electron chi connectivity index (χ1n) is 5.58. The van der Waals surface area contributed by atoms with Gasteiger partial charge in [0.25, 0.3) is 5.91 Å². The van der Waals surface area contributed by atoms with E-state index in [0.29, 0.717) is 13.0 Å². The van der Waals surface area contributed by atoms with Crippen molar-refractivity contribution in [2.24, 2.45) is 0 Å². The highest BCUT2D eigenvalue weighted by atomic mass is 19.1. The van der Waals surface area contributed by atoms with Crippen molar-refractivity contribution in [3.05, 3.63) is 29.6 Å². The number of carbonyl (C=O) groups excluding carboxylic acids is 1. The Hall–Kier alpha value is -1.66. The Kier molecular flexibility index (Phi) is 3.49. The van der Waals surface area contributed by atoms with E-state index in [1.165, 1.54) is 12.1 Å². The fourth-order valence-electron chi connectivity index (χ4n) is 1.81. The fourth-order valence-corrected chi connectivity index (χ4v) is 1.81. The molecule has 1 heterocycles. The predicted octanol–water partition coefficient (Wildman–Crippen LogP) is 0.412. The molecule has 0 spiro atoms. The standard InChI is InChI=1S/C12H14FNO4/c13-8-2-1-3-9(15)10(8)11(16)14-6-12(17)4-5-18-7-12/h1-3,15,17H,4-7H2,(H,14,16). The molecule has 1 amide bonds. The average molecular weight is 255 g/mol. The van der Waals surface area contributed by atoms with Gasteiger partial charge in [-0.15, -0.1) is 0 Å². The third-order valence-corrected chi connectivity index (χ3v) is 2.88. The molecule has 5 nitrogen and oxygen atoms in total. The van der Waals surface area contributed by atoms with Crippen molar-refractivity contribution in [3.63, 3.8) is 0 Å². The van der Waals surface area contributed by atoms with Crippen LogP contribution in [0.5, 0.6) is 5.75 Å². The number of amides is 1. The number of aliphatic hydroxyl groups is 1. The highest BCUT2D eigenvalue weighted by Crippen LogP contribution is 2.21. The Bertz CT molecular complexity index is 437. The van der Waals surface area contributed by atoms with Crippen LogP contribution >= 0.6 is 0 Å². The van der Waals surface area contributed by atoms with Gasteiger partial charge in [-0.25, -0.2) is 4.39 Å². The molecule has 1 unspecified atom stereocenters. The molecule has 1 fully saturated rings. The van der Waals surface area contributed by atoms with Gasteiger partial charge in [0.2, 0.25) is 0 Å². The number of phenols is 1. The molecule has 1 aliphatic rings. The lowest BCUT2D eigenvalue weighted by Crippen LogP contribution is -2.43. The molecular formula is C12H14FNO4. The minimum absolute atomic E-state index is 0.0421. The van der Waals surface area contributed by atoms with Crippen LogP contribution in [0.15, 0.2) is 18.2 Å². The van der Waals surface area contributed by atoms with Crippen molar-refractivity contribution >= 4 is 5.91 Å². The van der Waals surface area contributed by atoms with Crippen LogP contribution in [0.2, 0.25) is 0 Å². The number of nitrogens with one attached hydrogen (secondary N) is 1. The molecule has 0 saturated carbocycles. The van der Waals surface area contributed by atoms with Gasteiger partial charge in [-0.3, -0.25) is 4.79 Å². The van der Waals surface area contributed by atoms with E-state index in [4.69, 9.17) is 4.74 Å². The van der Waals surface area contributed by atoms with Crippen molar-refractivity contribution < 1.29 is 24.1 Å². The number of carbonyl (C=O) groups is 1. The van der Waals surface area contributed by atoms with Gasteiger partial charge in [-0.2, -0.15) is 0 Å². The van der Waals surface area contributed by atoms with Gasteiger partial charge in [-0.05, 0) is 12.1 Å². The third kappa shape index (κ3) is 2.60. The van der Waals surface area contributed by atoms with Crippen molar-refractivity contribution in [2.45, 2.75) is 12.0 Å². The zero-order valence-corrected chi connectivity index (χ0v) is 9.65. The Morgan fingerprint density at radius 2 is 2.33 bits per heavy atom. The summed E-state index contributed by atoms with van der Waals surface area (Å²) in [5.41, 5.74) is -1.53. The Labute approximate surface area is 103 Å². The quantitative estimate of drug-likeness (QED) is 0.731. The van der Waals surface area contributed by atoms with Gasteiger partial charge in [0, 0.05) is 19.6 Å². The van der Waals surface area contributed by atoms with E-state index >= 15 is 0 Å². The molecule has 1 aromatic rings. The van der Waals surface area contributed by atoms with Crippen LogP contribution in [0, 0.1) is 5.82 Å². The van der Waals surface area contributed by atoms with Gasteiger partial charge in [0.1, 0.15) is 22.7 Å². The molecule has 2 rings (SSSR count). The Morgan fingerprint density at radius 1 is 1.56 bits per heavy atom. The first-order valence-corrected chi connectivity index (χ1v) is 5.58. The largest absolute Gasteiger partial charge is 0.507 e. The molecule has 1 aliphatic heterocycles. The molecule has 3 N–H and O–H groups in total. The molecule has 98 valence electrons. The van der Waals surface area contributed by atoms with Gasteiger partial charge in [-0.1, -0.05) is 6.07 Å². The maximum absolute atomic E-state index is 13.4. The molecule has 1 aromatic carbocycles. The van der Waals surface area contributed by atoms with Crippen LogP contribution in [-0.2, 0) is 4.74 Å². The summed E-state index contributed by atoms with van der Waals surface area (Å²) in [6, 6.07) is 3.62. The lowest BCUT2D eigenvalue weighted by molar-refractivity contribution is 0.0264. The van der Waals surface area contributed by atoms with E-state index in [0.717, 1.165) is 6.07 Å². The lowest BCUT2D eigenvalue weighted by Gasteiger charge is -2.20. The summed E-state index contributed by atoms with van der Waals surface area (Å²) in [5.74, 6) is -1.99. The number of benzene rings is 1. The van der Waals surface area contributed by atoms with Crippen LogP contribution in [0.4, 0.5) is 4.39 Å². The van der Waals surface area contributed by atoms with Crippen molar-refractivity contribution in [1.29, 1.82) is 0 Å². The number of halogens is 1. The number of hydrogen-bond donors (Lipinski definition) is 3. The zero-order chi connectivity index (χ0) is 13.2. The second-order valence-corrected chi connectivity index (χ2v) is 4.34. The normalized spacial score (nSPS) is 23.0. The fraction of sp³-hybridized carbons (Fsp3) is 0.417. The second kappa shape index (κ2) is 4.91. The Balaban J connectivity index is 2.04. The summed E-state index contributed by atoms with van der Waals surface area (Å²) < 4.78 is 18.4. The first-order chi connectivity index (χ1) is 8.52. The average Bonchev–Trinajstić information content (AvgIpc) is 2.74. The number of phenolic OH excluding ortho intramolecular Hbond substituents is 1. The van der Waals surface area contributed by atoms with Gasteiger partial charge >= 0.3 is 0 Å². The van der Waals surface area contributed by atoms with E-state index in [2.05, 4.69) is 5.32 Å². The summed E-state index contributed by atoms with van der Waals surface area (Å²) in [4.78, 5) is 11.7. The molecular weight excluding hydrogens is 241 g/mol. The summed E-state index contributed by atoms with van der Waals surface area (Å²) >= 11 is 0. The highest BCUT2D eigenvalue weighted by Gasteiger charge is 2.33. The SMILES string of the molecule is O=C(NCC1(O)CCOC1)c1c(O)cccc1F. The predicted molar refractivity (Wildman–Crippen MR) is 60.8 cm³/mol. The van der Waals surface area contributed by atoms with Crippen LogP contribution in [0.25, 0.3) is 0 Å². The van der Waals surface area contributed by atoms with Gasteiger partial charge in [0.15, 0.2) is 0 Å². The summed E-state index contributed by atoms with van der Waals surface area (Å²) in [6.45, 7) is 0.521. The molecule has 1 saturated heterocycles. The maximum Gasteiger partial charge on any atom is 0.258 e. The van der Waals surface area contributed by atoms with Crippen LogP contribution in [0.3, 0.4) is 0 Å². The monoisotopic (exact) mass is 255 g/mol. The lowest BCUT2D eigenvalue weighted by atomic mass is 10.0. The summed E-state index contributed by atoms with van der Waals surface area (Å²) in [6.07, 6.45) is 0.413. The van der Waals surface area contributed by atoms with E-state index in [9.17, 15) is 19.4 Å². The number of rotatable bonds is 3. The molecule has 0 aliphatic carbocycles. The summed E-state index contributed by atoms with van der Waals surface area (Å²) in [7, 11) is 0. The molecule has 6 heteroatoms. The van der Waals surface area contributed by atoms with E-state index in [-0.39, 0.29) is 13.2 Å². The van der Waals surface area contributed by atoms with Crippen LogP contribution < -0.4 is 5.32 Å². The number of aromatic hydroxyl groups is 1. The molecule has 0 radical (unpaired) electrons. The topological polar surface area (TPSA) is 78.8 Å². The maximum atomic E-state index is 13.4. The Morgan fingerprint density at radius 3 is 2.94 bits per heavy atom. The number of ether oxygens (including phenoxy) is 1. The zero-order valence-electron chi connectivity index (χ0n) is 9.65. The minimum atomic E-state index is -1.11. The minimum Gasteiger partial charge on any atom is -0.507 e. The molecule has 0 aromatic heterocycles.